The summed E-state index contributed by atoms with van der Waals surface area (Å²) >= 11 is 0. The lowest BCUT2D eigenvalue weighted by molar-refractivity contribution is 0.112. The van der Waals surface area contributed by atoms with Gasteiger partial charge in [-0.05, 0) is 54.4 Å². The molecule has 4 heteroatoms. The van der Waals surface area contributed by atoms with Gasteiger partial charge in [0, 0.05) is 16.5 Å². The number of aromatic nitrogens is 1. The fourth-order valence-electron chi connectivity index (χ4n) is 2.34. The second-order valence-electron chi connectivity index (χ2n) is 4.69. The minimum Gasteiger partial charge on any atom is -0.354 e. The number of H-pyrrole nitrogens is 1. The number of halogens is 2. The summed E-state index contributed by atoms with van der Waals surface area (Å²) in [5.74, 6) is -0.704. The van der Waals surface area contributed by atoms with Crippen molar-refractivity contribution in [1.29, 1.82) is 0 Å². The number of aryl methyl sites for hydroxylation is 1. The van der Waals surface area contributed by atoms with Crippen molar-refractivity contribution in [3.63, 3.8) is 0 Å². The highest BCUT2D eigenvalue weighted by Gasteiger charge is 2.14. The molecule has 2 aromatic carbocycles. The quantitative estimate of drug-likeness (QED) is 0.695. The Morgan fingerprint density at radius 3 is 2.60 bits per heavy atom. The normalized spacial score (nSPS) is 10.9. The smallest absolute Gasteiger partial charge is 0.152 e. The number of benzene rings is 2. The summed E-state index contributed by atoms with van der Waals surface area (Å²) in [4.78, 5) is 14.4. The highest BCUT2D eigenvalue weighted by Crippen LogP contribution is 2.30. The zero-order valence-electron chi connectivity index (χ0n) is 10.7. The van der Waals surface area contributed by atoms with Gasteiger partial charge in [0.2, 0.25) is 0 Å². The van der Waals surface area contributed by atoms with Gasteiger partial charge in [0.25, 0.3) is 0 Å². The third kappa shape index (κ3) is 1.90. The Balaban J connectivity index is 2.30. The Hall–Kier alpha value is -2.49. The third-order valence-corrected chi connectivity index (χ3v) is 3.37. The van der Waals surface area contributed by atoms with E-state index >= 15 is 0 Å². The number of aldehydes is 1. The highest BCUT2D eigenvalue weighted by molar-refractivity contribution is 6.04. The summed E-state index contributed by atoms with van der Waals surface area (Å²) in [6, 6.07) is 8.82. The van der Waals surface area contributed by atoms with Gasteiger partial charge in [-0.25, -0.2) is 8.78 Å². The number of nitrogens with one attached hydrogen (secondary N) is 1. The Labute approximate surface area is 114 Å². The number of aromatic amines is 1. The molecule has 0 unspecified atom stereocenters. The van der Waals surface area contributed by atoms with Crippen LogP contribution in [0.25, 0.3) is 22.2 Å². The van der Waals surface area contributed by atoms with E-state index in [1.54, 1.807) is 25.1 Å². The summed E-state index contributed by atoms with van der Waals surface area (Å²) in [5.41, 5.74) is 2.81. The zero-order valence-corrected chi connectivity index (χ0v) is 10.7. The largest absolute Gasteiger partial charge is 0.354 e. The van der Waals surface area contributed by atoms with Crippen LogP contribution in [0.5, 0.6) is 0 Å². The third-order valence-electron chi connectivity index (χ3n) is 3.37. The zero-order chi connectivity index (χ0) is 14.3. The van der Waals surface area contributed by atoms with E-state index in [0.717, 1.165) is 0 Å². The minimum atomic E-state index is -0.401. The summed E-state index contributed by atoms with van der Waals surface area (Å²) < 4.78 is 26.6. The Bertz CT molecular complexity index is 821. The number of carbonyl (C=O) groups is 1. The van der Waals surface area contributed by atoms with Gasteiger partial charge in [-0.15, -0.1) is 0 Å². The van der Waals surface area contributed by atoms with Gasteiger partial charge in [-0.2, -0.15) is 0 Å². The van der Waals surface area contributed by atoms with Crippen molar-refractivity contribution < 1.29 is 13.6 Å². The first-order valence-electron chi connectivity index (χ1n) is 6.13. The van der Waals surface area contributed by atoms with Crippen molar-refractivity contribution in [2.45, 2.75) is 6.92 Å². The molecule has 0 saturated carbocycles. The van der Waals surface area contributed by atoms with Crippen LogP contribution in [0.1, 0.15) is 15.9 Å². The van der Waals surface area contributed by atoms with E-state index in [1.807, 2.05) is 0 Å². The predicted molar refractivity (Wildman–Crippen MR) is 73.8 cm³/mol. The maximum absolute atomic E-state index is 13.3. The number of carbonyl (C=O) groups excluding carboxylic acids is 1. The first-order valence-corrected chi connectivity index (χ1v) is 6.13. The average molecular weight is 271 g/mol. The van der Waals surface area contributed by atoms with Crippen LogP contribution in [0.4, 0.5) is 8.78 Å². The molecule has 1 N–H and O–H groups in total. The van der Waals surface area contributed by atoms with Crippen molar-refractivity contribution >= 4 is 17.2 Å². The molecule has 0 bridgehead atoms. The second kappa shape index (κ2) is 4.56. The topological polar surface area (TPSA) is 32.9 Å². The van der Waals surface area contributed by atoms with E-state index in [2.05, 4.69) is 4.98 Å². The van der Waals surface area contributed by atoms with Crippen LogP contribution in [-0.2, 0) is 0 Å². The molecule has 0 aliphatic heterocycles. The maximum atomic E-state index is 13.3. The van der Waals surface area contributed by atoms with Gasteiger partial charge in [-0.3, -0.25) is 4.79 Å². The van der Waals surface area contributed by atoms with Gasteiger partial charge in [-0.1, -0.05) is 0 Å². The molecule has 20 heavy (non-hydrogen) atoms. The van der Waals surface area contributed by atoms with Crippen LogP contribution in [-0.4, -0.2) is 11.3 Å². The van der Waals surface area contributed by atoms with Gasteiger partial charge >= 0.3 is 0 Å². The van der Waals surface area contributed by atoms with Gasteiger partial charge < -0.3 is 4.98 Å². The summed E-state index contributed by atoms with van der Waals surface area (Å²) in [5, 5.41) is 0.525. The molecule has 0 aliphatic rings. The van der Waals surface area contributed by atoms with Crippen LogP contribution >= 0.6 is 0 Å². The number of fused-ring (bicyclic) bond motifs is 1. The monoisotopic (exact) mass is 271 g/mol. The van der Waals surface area contributed by atoms with Crippen molar-refractivity contribution in [3.8, 4) is 11.3 Å². The van der Waals surface area contributed by atoms with Crippen molar-refractivity contribution in [3.05, 3.63) is 59.2 Å². The lowest BCUT2D eigenvalue weighted by atomic mass is 10.0. The molecule has 0 radical (unpaired) electrons. The lowest BCUT2D eigenvalue weighted by Gasteiger charge is -2.02. The standard InChI is InChI=1S/C16H11F2NO/c1-9-6-10(2-4-14(9)18)16-13(8-20)12-7-11(17)3-5-15(12)19-16/h2-8,19H,1H3. The van der Waals surface area contributed by atoms with E-state index < -0.39 is 5.82 Å². The lowest BCUT2D eigenvalue weighted by Crippen LogP contribution is -1.88. The van der Waals surface area contributed by atoms with E-state index in [4.69, 9.17) is 0 Å². The first-order chi connectivity index (χ1) is 9.60. The molecular weight excluding hydrogens is 260 g/mol. The SMILES string of the molecule is Cc1cc(-c2[nH]c3ccc(F)cc3c2C=O)ccc1F. The molecule has 0 saturated heterocycles. The molecule has 100 valence electrons. The van der Waals surface area contributed by atoms with Crippen LogP contribution in [0.2, 0.25) is 0 Å². The van der Waals surface area contributed by atoms with Crippen LogP contribution in [0.3, 0.4) is 0 Å². The molecule has 1 heterocycles. The number of rotatable bonds is 2. The molecule has 3 aromatic rings. The molecule has 2 nitrogen and oxygen atoms in total. The fourth-order valence-corrected chi connectivity index (χ4v) is 2.34. The van der Waals surface area contributed by atoms with E-state index in [-0.39, 0.29) is 5.82 Å². The highest BCUT2D eigenvalue weighted by atomic mass is 19.1. The molecule has 0 fully saturated rings. The van der Waals surface area contributed by atoms with Gasteiger partial charge in [0.05, 0.1) is 5.69 Å². The van der Waals surface area contributed by atoms with Crippen LogP contribution in [0, 0.1) is 18.6 Å². The van der Waals surface area contributed by atoms with Crippen LogP contribution in [0.15, 0.2) is 36.4 Å². The molecule has 0 spiro atoms. The summed E-state index contributed by atoms with van der Waals surface area (Å²) in [7, 11) is 0. The van der Waals surface area contributed by atoms with Crippen molar-refractivity contribution in [2.75, 3.05) is 0 Å². The molecule has 0 aliphatic carbocycles. The molecule has 1 aromatic heterocycles. The van der Waals surface area contributed by atoms with Gasteiger partial charge in [0.1, 0.15) is 11.6 Å². The summed E-state index contributed by atoms with van der Waals surface area (Å²) in [6.45, 7) is 1.65. The molecular formula is C16H11F2NO. The summed E-state index contributed by atoms with van der Waals surface area (Å²) in [6.07, 6.45) is 0.687. The van der Waals surface area contributed by atoms with Gasteiger partial charge in [0.15, 0.2) is 6.29 Å². The second-order valence-corrected chi connectivity index (χ2v) is 4.69. The maximum Gasteiger partial charge on any atom is 0.152 e. The fraction of sp³-hybridized carbons (Fsp3) is 0.0625. The van der Waals surface area contributed by atoms with Crippen LogP contribution < -0.4 is 0 Å². The van der Waals surface area contributed by atoms with E-state index in [9.17, 15) is 13.6 Å². The average Bonchev–Trinajstić information content (AvgIpc) is 2.79. The Morgan fingerprint density at radius 2 is 1.90 bits per heavy atom. The van der Waals surface area contributed by atoms with Crippen molar-refractivity contribution in [2.24, 2.45) is 0 Å². The Morgan fingerprint density at radius 1 is 1.10 bits per heavy atom. The van der Waals surface area contributed by atoms with Crippen molar-refractivity contribution in [1.82, 2.24) is 4.98 Å². The molecule has 3 rings (SSSR count). The number of hydrogen-bond donors (Lipinski definition) is 1. The Kier molecular flexibility index (Phi) is 2.86. The minimum absolute atomic E-state index is 0.302. The molecule has 0 amide bonds. The molecule has 0 atom stereocenters. The first kappa shape index (κ1) is 12.5. The van der Waals surface area contributed by atoms with E-state index in [1.165, 1.54) is 18.2 Å². The number of hydrogen-bond acceptors (Lipinski definition) is 1. The van der Waals surface area contributed by atoms with E-state index in [0.29, 0.717) is 39.6 Å². The predicted octanol–water partition coefficient (Wildman–Crippen LogP) is 4.23.